The van der Waals surface area contributed by atoms with Gasteiger partial charge in [-0.2, -0.15) is 13.5 Å². The Labute approximate surface area is 189 Å². The van der Waals surface area contributed by atoms with E-state index in [2.05, 4.69) is 30.7 Å². The number of phenols is 1. The summed E-state index contributed by atoms with van der Waals surface area (Å²) in [5.41, 5.74) is 0.441. The molecule has 1 aliphatic rings. The molecule has 0 radical (unpaired) electrons. The normalized spacial score (nSPS) is 14.9. The molecule has 2 N–H and O–H groups in total. The van der Waals surface area contributed by atoms with Gasteiger partial charge in [-0.3, -0.25) is 4.79 Å². The van der Waals surface area contributed by atoms with Crippen molar-refractivity contribution in [1.82, 2.24) is 10.3 Å². The Bertz CT molecular complexity index is 1170. The Kier molecular flexibility index (Phi) is 6.51. The van der Waals surface area contributed by atoms with E-state index >= 15 is 0 Å². The molecule has 0 saturated carbocycles. The first-order valence-corrected chi connectivity index (χ1v) is 11.7. The third-order valence-electron chi connectivity index (χ3n) is 4.25. The van der Waals surface area contributed by atoms with Crippen molar-refractivity contribution in [2.45, 2.75) is 37.6 Å². The maximum Gasteiger partial charge on any atom is 0.285 e. The molecular formula is C21H23BrN4O4S. The van der Waals surface area contributed by atoms with Crippen LogP contribution in [0.15, 0.2) is 61.3 Å². The van der Waals surface area contributed by atoms with Crippen molar-refractivity contribution in [3.8, 4) is 5.75 Å². The highest BCUT2D eigenvalue weighted by atomic mass is 79.9. The van der Waals surface area contributed by atoms with Crippen LogP contribution in [0, 0.1) is 0 Å². The molecule has 0 aromatic heterocycles. The minimum atomic E-state index is -3.85. The van der Waals surface area contributed by atoms with Crippen LogP contribution in [-0.2, 0) is 14.8 Å². The number of phenolic OH excluding ortho intramolecular Hbond substituents is 1. The Morgan fingerprint density at radius 1 is 1.26 bits per heavy atom. The molecule has 2 aromatic carbocycles. The molecule has 8 nitrogen and oxygen atoms in total. The van der Waals surface area contributed by atoms with E-state index in [1.807, 2.05) is 20.8 Å². The maximum absolute atomic E-state index is 12.5. The molecule has 1 heterocycles. The van der Waals surface area contributed by atoms with Crippen LogP contribution in [-0.4, -0.2) is 48.6 Å². The number of carbonyl (C=O) groups is 1. The van der Waals surface area contributed by atoms with Crippen LogP contribution in [0.4, 0.5) is 0 Å². The van der Waals surface area contributed by atoms with E-state index in [0.717, 1.165) is 4.47 Å². The molecule has 1 aliphatic heterocycles. The molecule has 0 spiro atoms. The van der Waals surface area contributed by atoms with Gasteiger partial charge in [0.25, 0.3) is 10.0 Å². The van der Waals surface area contributed by atoms with Crippen molar-refractivity contribution in [1.29, 1.82) is 0 Å². The number of nitrogens with zero attached hydrogens (tertiary/aromatic N) is 3. The average Bonchev–Trinajstić information content (AvgIpc) is 2.94. The molecule has 3 rings (SSSR count). The van der Waals surface area contributed by atoms with Gasteiger partial charge >= 0.3 is 0 Å². The summed E-state index contributed by atoms with van der Waals surface area (Å²) in [5, 5.41) is 18.7. The number of sulfonamides is 1. The smallest absolute Gasteiger partial charge is 0.285 e. The number of benzene rings is 2. The van der Waals surface area contributed by atoms with Crippen LogP contribution in [0.5, 0.6) is 5.75 Å². The molecular weight excluding hydrogens is 484 g/mol. The highest BCUT2D eigenvalue weighted by Crippen LogP contribution is 2.28. The van der Waals surface area contributed by atoms with Crippen molar-refractivity contribution in [3.05, 3.63) is 58.1 Å². The summed E-state index contributed by atoms with van der Waals surface area (Å²) in [6.45, 7) is 5.72. The van der Waals surface area contributed by atoms with Gasteiger partial charge in [-0.25, -0.2) is 5.01 Å². The lowest BCUT2D eigenvalue weighted by molar-refractivity contribution is -0.122. The minimum absolute atomic E-state index is 0.0127. The number of nitrogens with one attached hydrogen (secondary N) is 1. The standard InChI is InChI=1S/C21H23BrN4O4S/c1-21(2,3)24-19(28)10-11-26(23-13-14-12-15(22)8-9-17(14)27)20-16-6-4-5-7-18(16)31(29,30)25-20/h4-9,12-13,27H,10-11H2,1-3H3,(H,24,28). The van der Waals surface area contributed by atoms with E-state index < -0.39 is 15.6 Å². The third-order valence-corrected chi connectivity index (χ3v) is 6.07. The fourth-order valence-corrected chi connectivity index (χ4v) is 4.53. The van der Waals surface area contributed by atoms with Gasteiger partial charge in [0.2, 0.25) is 5.91 Å². The number of carbonyl (C=O) groups excluding carboxylic acids is 1. The van der Waals surface area contributed by atoms with E-state index in [4.69, 9.17) is 0 Å². The lowest BCUT2D eigenvalue weighted by Gasteiger charge is -2.22. The number of amidine groups is 1. The average molecular weight is 507 g/mol. The zero-order valence-corrected chi connectivity index (χ0v) is 19.7. The predicted molar refractivity (Wildman–Crippen MR) is 123 cm³/mol. The maximum atomic E-state index is 12.5. The molecule has 0 unspecified atom stereocenters. The fourth-order valence-electron chi connectivity index (χ4n) is 2.94. The summed E-state index contributed by atoms with van der Waals surface area (Å²) < 4.78 is 29.6. The van der Waals surface area contributed by atoms with Crippen LogP contribution in [0.1, 0.15) is 38.3 Å². The van der Waals surface area contributed by atoms with Gasteiger partial charge in [0, 0.05) is 27.6 Å². The summed E-state index contributed by atoms with van der Waals surface area (Å²) in [6, 6.07) is 11.3. The Morgan fingerprint density at radius 2 is 1.97 bits per heavy atom. The van der Waals surface area contributed by atoms with E-state index in [9.17, 15) is 18.3 Å². The van der Waals surface area contributed by atoms with E-state index in [0.29, 0.717) is 11.1 Å². The van der Waals surface area contributed by atoms with Crippen molar-refractivity contribution in [2.75, 3.05) is 6.54 Å². The van der Waals surface area contributed by atoms with Crippen molar-refractivity contribution in [2.24, 2.45) is 9.50 Å². The summed E-state index contributed by atoms with van der Waals surface area (Å²) in [6.07, 6.45) is 1.47. The first kappa shape index (κ1) is 23.0. The molecule has 0 bridgehead atoms. The fraction of sp³-hybridized carbons (Fsp3) is 0.286. The SMILES string of the molecule is CC(C)(C)NC(=O)CCN(N=Cc1cc(Br)ccc1O)C1=NS(=O)(=O)c2ccccc21. The largest absolute Gasteiger partial charge is 0.507 e. The molecule has 1 amide bonds. The zero-order chi connectivity index (χ0) is 22.8. The summed E-state index contributed by atoms with van der Waals surface area (Å²) in [4.78, 5) is 12.4. The summed E-state index contributed by atoms with van der Waals surface area (Å²) >= 11 is 3.34. The van der Waals surface area contributed by atoms with Crippen molar-refractivity contribution < 1.29 is 18.3 Å². The second kappa shape index (κ2) is 8.80. The number of rotatable bonds is 5. The number of fused-ring (bicyclic) bond motifs is 1. The van der Waals surface area contributed by atoms with Gasteiger partial charge in [0.1, 0.15) is 10.6 Å². The second-order valence-corrected chi connectivity index (χ2v) is 10.5. The monoisotopic (exact) mass is 506 g/mol. The van der Waals surface area contributed by atoms with Crippen LogP contribution in [0.25, 0.3) is 0 Å². The number of hydrogen-bond acceptors (Lipinski definition) is 6. The predicted octanol–water partition coefficient (Wildman–Crippen LogP) is 3.24. The quantitative estimate of drug-likeness (QED) is 0.477. The Hall–Kier alpha value is -2.72. The molecule has 2 aromatic rings. The van der Waals surface area contributed by atoms with E-state index in [1.54, 1.807) is 30.3 Å². The molecule has 31 heavy (non-hydrogen) atoms. The van der Waals surface area contributed by atoms with Crippen LogP contribution in [0.2, 0.25) is 0 Å². The molecule has 10 heteroatoms. The Balaban J connectivity index is 1.94. The van der Waals surface area contributed by atoms with Gasteiger partial charge < -0.3 is 10.4 Å². The number of amides is 1. The molecule has 0 saturated heterocycles. The highest BCUT2D eigenvalue weighted by molar-refractivity contribution is 9.10. The number of hydrogen-bond donors (Lipinski definition) is 2. The first-order valence-electron chi connectivity index (χ1n) is 9.52. The number of aromatic hydroxyl groups is 1. The topological polar surface area (TPSA) is 111 Å². The second-order valence-electron chi connectivity index (χ2n) is 8.01. The molecule has 164 valence electrons. The summed E-state index contributed by atoms with van der Waals surface area (Å²) in [5.74, 6) is -0.0589. The van der Waals surface area contributed by atoms with Crippen LogP contribution >= 0.6 is 15.9 Å². The lowest BCUT2D eigenvalue weighted by Crippen LogP contribution is -2.42. The molecule has 0 aliphatic carbocycles. The van der Waals surface area contributed by atoms with Crippen molar-refractivity contribution >= 4 is 43.9 Å². The summed E-state index contributed by atoms with van der Waals surface area (Å²) in [7, 11) is -3.85. The molecule has 0 atom stereocenters. The van der Waals surface area contributed by atoms with Gasteiger partial charge in [-0.05, 0) is 51.1 Å². The van der Waals surface area contributed by atoms with Crippen LogP contribution < -0.4 is 5.32 Å². The van der Waals surface area contributed by atoms with Gasteiger partial charge in [-0.15, -0.1) is 4.40 Å². The highest BCUT2D eigenvalue weighted by Gasteiger charge is 2.32. The van der Waals surface area contributed by atoms with Crippen LogP contribution in [0.3, 0.4) is 0 Å². The van der Waals surface area contributed by atoms with E-state index in [1.165, 1.54) is 23.4 Å². The zero-order valence-electron chi connectivity index (χ0n) is 17.3. The third kappa shape index (κ3) is 5.71. The van der Waals surface area contributed by atoms with Gasteiger partial charge in [-0.1, -0.05) is 28.1 Å². The van der Waals surface area contributed by atoms with Gasteiger partial charge in [0.05, 0.1) is 12.8 Å². The van der Waals surface area contributed by atoms with Crippen molar-refractivity contribution in [3.63, 3.8) is 0 Å². The van der Waals surface area contributed by atoms with E-state index in [-0.39, 0.29) is 35.4 Å². The number of hydrazone groups is 1. The molecule has 0 fully saturated rings. The first-order chi connectivity index (χ1) is 14.5. The lowest BCUT2D eigenvalue weighted by atomic mass is 10.1. The van der Waals surface area contributed by atoms with Gasteiger partial charge in [0.15, 0.2) is 5.84 Å². The Morgan fingerprint density at radius 3 is 2.68 bits per heavy atom. The number of halogens is 1. The minimum Gasteiger partial charge on any atom is -0.507 e.